The average Bonchev–Trinajstić information content (AvgIpc) is 3.32. The number of hydrogen-bond acceptors (Lipinski definition) is 15. The van der Waals surface area contributed by atoms with Crippen LogP contribution in [0.2, 0.25) is 0 Å². The Balaban J connectivity index is 0.00000161. The van der Waals surface area contributed by atoms with Crippen molar-refractivity contribution in [3.63, 3.8) is 0 Å². The quantitative estimate of drug-likeness (QED) is 0.0714. The second kappa shape index (κ2) is 29.4. The monoisotopic (exact) mass is 1050 g/mol. The molecule has 2 bridgehead atoms. The SMILES string of the molecule is CO[C@H]1C[C@@H]2CC[C@@H](C)[C@@](O)(O2)C(=O)C(=O)N2CCCC[C@H]2C(=O)O[C@H]([C@H](C)C[C@@H]2CC[C@@H](O)[C@H](OC)C2)CC(=O)[C@H](C)/C=C(\C)[C@@H](O)[C@@H](OC)C(=O)[C@H](C)C[C@H](C)/C=C/C=C/C=C/1C.O=C(O)NP(=O)(O)O. The van der Waals surface area contributed by atoms with Crippen molar-refractivity contribution in [2.45, 2.75) is 180 Å². The summed E-state index contributed by atoms with van der Waals surface area (Å²) in [6.07, 6.45) is 9.45. The van der Waals surface area contributed by atoms with Gasteiger partial charge in [0.25, 0.3) is 11.7 Å². The molecule has 7 N–H and O–H groups in total. The number of ether oxygens (including phenoxy) is 5. The standard InChI is InChI=1S/C51H79NO13.CH4NO5P/c1-30-16-12-11-13-17-31(2)42(61-8)28-38-21-19-36(7)51(60,65-38)48(57)49(58)52-23-15-14-18-39(52)50(59)64-43(33(4)26-37-20-22-40(53)44(27-37)62-9)29-41(54)32(3)25-35(6)46(56)47(63-10)45(55)34(5)24-30;3-1(4)2-8(5,6)7/h11-13,16-17,25,30,32-34,36-40,42-44,46-47,53,56,60H,14-15,18-24,26-29H2,1-10H3;(H,3,4)(H3,2,5,6,7)/b13-11+,16-12+,31-17+,35-25+;/t30-,32-,33-,34-,36-,37+,38+,39+,40-,42+,43+,44-,46-,47+,51-;/m1./s1. The molecule has 1 saturated carbocycles. The number of nitrogens with one attached hydrogen (secondary N) is 1. The first-order valence-electron chi connectivity index (χ1n) is 25.4. The number of cyclic esters (lactones) is 1. The lowest BCUT2D eigenvalue weighted by atomic mass is 9.78. The topological polar surface area (TPSA) is 302 Å². The Kier molecular flexibility index (Phi) is 25.5. The molecule has 0 spiro atoms. The second-order valence-electron chi connectivity index (χ2n) is 20.6. The lowest BCUT2D eigenvalue weighted by Crippen LogP contribution is -2.61. The van der Waals surface area contributed by atoms with Crippen LogP contribution in [0.25, 0.3) is 0 Å². The van der Waals surface area contributed by atoms with Crippen molar-refractivity contribution in [1.29, 1.82) is 0 Å². The maximum atomic E-state index is 14.4. The van der Waals surface area contributed by atoms with Crippen LogP contribution in [0.3, 0.4) is 0 Å². The molecule has 21 heteroatoms. The highest BCUT2D eigenvalue weighted by atomic mass is 31.2. The highest BCUT2D eigenvalue weighted by Gasteiger charge is 2.53. The summed E-state index contributed by atoms with van der Waals surface area (Å²) in [4.78, 5) is 96.8. The minimum atomic E-state index is -4.57. The number of nitrogens with zero attached hydrogens (tertiary/aromatic N) is 1. The number of carbonyl (C=O) groups is 6. The zero-order chi connectivity index (χ0) is 55.0. The van der Waals surface area contributed by atoms with E-state index in [0.29, 0.717) is 63.4 Å². The number of aliphatic hydroxyl groups excluding tert-OH is 2. The second-order valence-corrected chi connectivity index (χ2v) is 21.9. The van der Waals surface area contributed by atoms with Gasteiger partial charge in [0.2, 0.25) is 5.79 Å². The number of fused-ring (bicyclic) bond motifs is 3. The molecule has 3 aliphatic heterocycles. The molecule has 0 aromatic heterocycles. The van der Waals surface area contributed by atoms with Gasteiger partial charge in [-0.2, -0.15) is 0 Å². The Bertz CT molecular complexity index is 2050. The number of carboxylic acid groups (broad SMARTS) is 1. The van der Waals surface area contributed by atoms with E-state index in [2.05, 4.69) is 0 Å². The lowest BCUT2D eigenvalue weighted by molar-refractivity contribution is -0.265. The maximum absolute atomic E-state index is 14.4. The Hall–Kier alpha value is -3.95. The minimum Gasteiger partial charge on any atom is -0.465 e. The van der Waals surface area contributed by atoms with Gasteiger partial charge in [-0.15, -0.1) is 0 Å². The Morgan fingerprint density at radius 2 is 1.58 bits per heavy atom. The summed E-state index contributed by atoms with van der Waals surface area (Å²) in [5.41, 5.74) is 1.27. The summed E-state index contributed by atoms with van der Waals surface area (Å²) in [6, 6.07) is -1.14. The smallest absolute Gasteiger partial charge is 0.432 e. The Morgan fingerprint density at radius 3 is 2.18 bits per heavy atom. The molecule has 20 nitrogen and oxygen atoms in total. The molecule has 0 aromatic rings. The highest BCUT2D eigenvalue weighted by Crippen LogP contribution is 2.38. The number of hydrogen-bond donors (Lipinski definition) is 7. The van der Waals surface area contributed by atoms with E-state index < -0.39 is 97.7 Å². The third kappa shape index (κ3) is 19.0. The first-order chi connectivity index (χ1) is 34.2. The molecule has 15 atom stereocenters. The van der Waals surface area contributed by atoms with Crippen LogP contribution in [0.5, 0.6) is 0 Å². The fourth-order valence-corrected chi connectivity index (χ4v) is 10.5. The highest BCUT2D eigenvalue weighted by molar-refractivity contribution is 7.50. The summed E-state index contributed by atoms with van der Waals surface area (Å²) in [7, 11) is -0.0512. The van der Waals surface area contributed by atoms with Crippen LogP contribution in [-0.4, -0.2) is 153 Å². The van der Waals surface area contributed by atoms with Gasteiger partial charge >= 0.3 is 19.8 Å². The summed E-state index contributed by atoms with van der Waals surface area (Å²) in [5, 5.41) is 42.4. The summed E-state index contributed by atoms with van der Waals surface area (Å²) in [6.45, 7) is 12.7. The van der Waals surface area contributed by atoms with Gasteiger partial charge in [0, 0.05) is 58.5 Å². The molecule has 0 aromatic carbocycles. The Labute approximate surface area is 430 Å². The van der Waals surface area contributed by atoms with Crippen molar-refractivity contribution in [2.75, 3.05) is 27.9 Å². The van der Waals surface area contributed by atoms with E-state index in [1.807, 2.05) is 58.1 Å². The zero-order valence-electron chi connectivity index (χ0n) is 44.2. The van der Waals surface area contributed by atoms with Crippen LogP contribution in [0.15, 0.2) is 47.6 Å². The largest absolute Gasteiger partial charge is 0.465 e. The van der Waals surface area contributed by atoms with Crippen molar-refractivity contribution in [3.8, 4) is 0 Å². The first kappa shape index (κ1) is 63.3. The van der Waals surface area contributed by atoms with Gasteiger partial charge in [-0.3, -0.25) is 19.2 Å². The predicted octanol–water partition coefficient (Wildman–Crippen LogP) is 5.53. The molecule has 4 rings (SSSR count). The number of carbonyl (C=O) groups excluding carboxylic acids is 5. The van der Waals surface area contributed by atoms with E-state index in [9.17, 15) is 48.7 Å². The van der Waals surface area contributed by atoms with Crippen molar-refractivity contribution < 1.29 is 87.2 Å². The Morgan fingerprint density at radius 1 is 0.890 bits per heavy atom. The number of esters is 1. The van der Waals surface area contributed by atoms with Crippen LogP contribution in [-0.2, 0) is 52.2 Å². The molecule has 73 heavy (non-hydrogen) atoms. The molecule has 4 aliphatic rings. The lowest BCUT2D eigenvalue weighted by Gasteiger charge is -2.42. The molecule has 414 valence electrons. The number of rotatable bonds is 7. The molecular formula is C52H83N2O18P. The predicted molar refractivity (Wildman–Crippen MR) is 268 cm³/mol. The number of amides is 2. The fraction of sp³-hybridized carbons (Fsp3) is 0.731. The van der Waals surface area contributed by atoms with Crippen LogP contribution in [0, 0.1) is 35.5 Å². The van der Waals surface area contributed by atoms with Crippen molar-refractivity contribution in [1.82, 2.24) is 9.99 Å². The van der Waals surface area contributed by atoms with Crippen LogP contribution < -0.4 is 5.09 Å². The number of piperidine rings is 1. The fourth-order valence-electron chi connectivity index (χ4n) is 10.2. The van der Waals surface area contributed by atoms with E-state index in [-0.39, 0.29) is 54.8 Å². The normalized spacial score (nSPS) is 37.2. The molecular weight excluding hydrogens is 972 g/mol. The van der Waals surface area contributed by atoms with E-state index in [1.54, 1.807) is 41.1 Å². The molecule has 3 fully saturated rings. The van der Waals surface area contributed by atoms with Gasteiger partial charge in [-0.25, -0.2) is 19.2 Å². The van der Waals surface area contributed by atoms with Crippen molar-refractivity contribution >= 4 is 43.1 Å². The van der Waals surface area contributed by atoms with Crippen LogP contribution in [0.1, 0.15) is 126 Å². The van der Waals surface area contributed by atoms with Gasteiger partial charge < -0.3 is 58.8 Å². The maximum Gasteiger partial charge on any atom is 0.432 e. The van der Waals surface area contributed by atoms with Gasteiger partial charge in [-0.05, 0) is 107 Å². The van der Waals surface area contributed by atoms with Gasteiger partial charge in [-0.1, -0.05) is 71.1 Å². The molecule has 0 radical (unpaired) electrons. The number of methoxy groups -OCH3 is 3. The molecule has 3 heterocycles. The van der Waals surface area contributed by atoms with Crippen molar-refractivity contribution in [2.24, 2.45) is 35.5 Å². The minimum absolute atomic E-state index is 0.0193. The van der Waals surface area contributed by atoms with Crippen molar-refractivity contribution in [3.05, 3.63) is 47.6 Å². The van der Waals surface area contributed by atoms with E-state index >= 15 is 0 Å². The van der Waals surface area contributed by atoms with Gasteiger partial charge in [0.15, 0.2) is 5.78 Å². The van der Waals surface area contributed by atoms with Gasteiger partial charge in [0.1, 0.15) is 30.1 Å². The number of Topliss-reactive ketones (excluding diaryl/α,β-unsaturated/α-hetero) is 3. The summed E-state index contributed by atoms with van der Waals surface area (Å²) >= 11 is 0. The van der Waals surface area contributed by atoms with E-state index in [1.165, 1.54) is 12.0 Å². The third-order valence-electron chi connectivity index (χ3n) is 14.7. The first-order valence-corrected chi connectivity index (χ1v) is 27.0. The summed E-state index contributed by atoms with van der Waals surface area (Å²) in [5.74, 6) is -7.96. The molecule has 2 amide bonds. The average molecular weight is 1060 g/mol. The molecule has 1 aliphatic carbocycles. The molecule has 0 unspecified atom stereocenters. The van der Waals surface area contributed by atoms with Crippen LogP contribution >= 0.6 is 7.75 Å². The molecule has 2 saturated heterocycles. The van der Waals surface area contributed by atoms with E-state index in [0.717, 1.165) is 17.1 Å². The van der Waals surface area contributed by atoms with Crippen LogP contribution in [0.4, 0.5) is 4.79 Å². The number of aliphatic hydroxyl groups is 3. The summed E-state index contributed by atoms with van der Waals surface area (Å²) < 4.78 is 39.0. The number of allylic oxidation sites excluding steroid dienone is 6. The zero-order valence-corrected chi connectivity index (χ0v) is 45.1. The van der Waals surface area contributed by atoms with E-state index in [4.69, 9.17) is 38.6 Å². The number of ketones is 3. The third-order valence-corrected chi connectivity index (χ3v) is 15.2. The van der Waals surface area contributed by atoms with Gasteiger partial charge in [0.05, 0.1) is 24.4 Å².